The third-order valence-corrected chi connectivity index (χ3v) is 5.74. The highest BCUT2D eigenvalue weighted by molar-refractivity contribution is 7.22. The lowest BCUT2D eigenvalue weighted by Gasteiger charge is -2.18. The van der Waals surface area contributed by atoms with E-state index in [1.54, 1.807) is 35.5 Å². The zero-order valence-electron chi connectivity index (χ0n) is 16.6. The van der Waals surface area contributed by atoms with Crippen molar-refractivity contribution in [2.75, 3.05) is 4.90 Å². The predicted octanol–water partition coefficient (Wildman–Crippen LogP) is 5.15. The maximum Gasteiger partial charge on any atom is 0.269 e. The van der Waals surface area contributed by atoms with Gasteiger partial charge in [-0.2, -0.15) is 0 Å². The normalized spacial score (nSPS) is 11.1. The van der Waals surface area contributed by atoms with Crippen molar-refractivity contribution in [3.63, 3.8) is 0 Å². The van der Waals surface area contributed by atoms with Crippen LogP contribution < -0.4 is 4.90 Å². The molecule has 2 heterocycles. The van der Waals surface area contributed by atoms with E-state index in [9.17, 15) is 14.9 Å². The molecule has 4 rings (SSSR count). The van der Waals surface area contributed by atoms with Gasteiger partial charge in [-0.1, -0.05) is 29.5 Å². The van der Waals surface area contributed by atoms with Crippen LogP contribution in [0.4, 0.5) is 10.8 Å². The van der Waals surface area contributed by atoms with E-state index in [0.717, 1.165) is 21.3 Å². The second-order valence-electron chi connectivity index (χ2n) is 6.89. The first-order valence-corrected chi connectivity index (χ1v) is 10.3. The molecule has 2 aromatic carbocycles. The Balaban J connectivity index is 1.65. The Morgan fingerprint density at radius 1 is 1.16 bits per heavy atom. The first kappa shape index (κ1) is 20.4. The van der Waals surface area contributed by atoms with Crippen molar-refractivity contribution in [3.05, 3.63) is 99.9 Å². The number of carbonyl (C=O) groups is 1. The summed E-state index contributed by atoms with van der Waals surface area (Å²) in [6.07, 6.45) is 6.50. The number of non-ortho nitro benzene ring substituents is 1. The summed E-state index contributed by atoms with van der Waals surface area (Å²) in [6.45, 7) is 2.32. The first-order chi connectivity index (χ1) is 15.0. The molecule has 2 aromatic heterocycles. The minimum Gasteiger partial charge on any atom is -0.280 e. The zero-order chi connectivity index (χ0) is 21.8. The average Bonchev–Trinajstić information content (AvgIpc) is 3.22. The SMILES string of the molecule is Cc1cccc2sc(N(Cc3cccnc3)C(=O)/C=C/c3ccc([N+](=O)[O-])cc3)nc12. The molecule has 0 unspecified atom stereocenters. The average molecular weight is 430 g/mol. The van der Waals surface area contributed by atoms with Crippen molar-refractivity contribution in [3.8, 4) is 0 Å². The number of nitro groups is 1. The Labute approximate surface area is 182 Å². The molecule has 0 fully saturated rings. The van der Waals surface area contributed by atoms with Crippen molar-refractivity contribution in [1.82, 2.24) is 9.97 Å². The van der Waals surface area contributed by atoms with Crippen LogP contribution in [0.25, 0.3) is 16.3 Å². The van der Waals surface area contributed by atoms with Gasteiger partial charge in [0.2, 0.25) is 0 Å². The molecule has 0 N–H and O–H groups in total. The summed E-state index contributed by atoms with van der Waals surface area (Å²) in [4.78, 5) is 34.0. The molecule has 31 heavy (non-hydrogen) atoms. The van der Waals surface area contributed by atoms with E-state index in [0.29, 0.717) is 17.2 Å². The fraction of sp³-hybridized carbons (Fsp3) is 0.0870. The molecule has 7 nitrogen and oxygen atoms in total. The maximum atomic E-state index is 13.1. The predicted molar refractivity (Wildman–Crippen MR) is 122 cm³/mol. The number of fused-ring (bicyclic) bond motifs is 1. The molecule has 0 saturated heterocycles. The molecule has 0 bridgehead atoms. The highest BCUT2D eigenvalue weighted by Crippen LogP contribution is 2.31. The van der Waals surface area contributed by atoms with Crippen LogP contribution in [0, 0.1) is 17.0 Å². The van der Waals surface area contributed by atoms with Crippen LogP contribution in [0.2, 0.25) is 0 Å². The summed E-state index contributed by atoms with van der Waals surface area (Å²) in [7, 11) is 0. The first-order valence-electron chi connectivity index (χ1n) is 9.50. The van der Waals surface area contributed by atoms with E-state index in [1.165, 1.54) is 29.5 Å². The molecule has 0 aliphatic heterocycles. The Hall–Kier alpha value is -3.91. The number of hydrogen-bond donors (Lipinski definition) is 0. The zero-order valence-corrected chi connectivity index (χ0v) is 17.5. The lowest BCUT2D eigenvalue weighted by atomic mass is 10.2. The molecular formula is C23H18N4O3S. The van der Waals surface area contributed by atoms with E-state index in [1.807, 2.05) is 37.3 Å². The topological polar surface area (TPSA) is 89.2 Å². The van der Waals surface area contributed by atoms with E-state index in [4.69, 9.17) is 4.98 Å². The summed E-state index contributed by atoms with van der Waals surface area (Å²) < 4.78 is 1.01. The number of aromatic nitrogens is 2. The summed E-state index contributed by atoms with van der Waals surface area (Å²) in [6, 6.07) is 15.7. The lowest BCUT2D eigenvalue weighted by Crippen LogP contribution is -2.28. The third kappa shape index (κ3) is 4.65. The number of hydrogen-bond acceptors (Lipinski definition) is 6. The minimum atomic E-state index is -0.455. The number of aryl methyl sites for hydroxylation is 1. The van der Waals surface area contributed by atoms with Gasteiger partial charge in [-0.25, -0.2) is 4.98 Å². The number of anilines is 1. The second-order valence-corrected chi connectivity index (χ2v) is 7.89. The van der Waals surface area contributed by atoms with Gasteiger partial charge in [-0.15, -0.1) is 0 Å². The number of rotatable bonds is 6. The van der Waals surface area contributed by atoms with Gasteiger partial charge in [0, 0.05) is 30.6 Å². The van der Waals surface area contributed by atoms with Crippen molar-refractivity contribution in [2.45, 2.75) is 13.5 Å². The number of amides is 1. The molecule has 0 aliphatic rings. The van der Waals surface area contributed by atoms with Gasteiger partial charge < -0.3 is 0 Å². The quantitative estimate of drug-likeness (QED) is 0.240. The summed E-state index contributed by atoms with van der Waals surface area (Å²) >= 11 is 1.46. The van der Waals surface area contributed by atoms with E-state index >= 15 is 0 Å². The van der Waals surface area contributed by atoms with E-state index < -0.39 is 4.92 Å². The summed E-state index contributed by atoms with van der Waals surface area (Å²) in [5.74, 6) is -0.237. The number of thiazole rings is 1. The van der Waals surface area contributed by atoms with Gasteiger partial charge in [0.25, 0.3) is 11.6 Å². The molecule has 1 amide bonds. The van der Waals surface area contributed by atoms with Gasteiger partial charge in [0.05, 0.1) is 21.7 Å². The van der Waals surface area contributed by atoms with Gasteiger partial charge in [0.15, 0.2) is 5.13 Å². The Kier molecular flexibility index (Phi) is 5.81. The fourth-order valence-corrected chi connectivity index (χ4v) is 4.12. The molecule has 154 valence electrons. The Morgan fingerprint density at radius 3 is 2.65 bits per heavy atom. The monoisotopic (exact) mass is 430 g/mol. The fourth-order valence-electron chi connectivity index (χ4n) is 3.07. The second kappa shape index (κ2) is 8.85. The molecule has 0 aliphatic carbocycles. The van der Waals surface area contributed by atoms with Crippen molar-refractivity contribution in [1.29, 1.82) is 0 Å². The molecule has 4 aromatic rings. The van der Waals surface area contributed by atoms with Crippen LogP contribution >= 0.6 is 11.3 Å². The number of carbonyl (C=O) groups excluding carboxylic acids is 1. The number of para-hydroxylation sites is 1. The molecule has 0 atom stereocenters. The highest BCUT2D eigenvalue weighted by Gasteiger charge is 2.19. The smallest absolute Gasteiger partial charge is 0.269 e. The van der Waals surface area contributed by atoms with Crippen molar-refractivity contribution in [2.24, 2.45) is 0 Å². The van der Waals surface area contributed by atoms with Crippen LogP contribution in [0.3, 0.4) is 0 Å². The molecule has 0 spiro atoms. The number of nitrogens with zero attached hydrogens (tertiary/aromatic N) is 4. The Morgan fingerprint density at radius 2 is 1.97 bits per heavy atom. The lowest BCUT2D eigenvalue weighted by molar-refractivity contribution is -0.384. The number of pyridine rings is 1. The molecule has 0 saturated carbocycles. The Bertz CT molecular complexity index is 1270. The van der Waals surface area contributed by atoms with Crippen molar-refractivity contribution >= 4 is 44.4 Å². The standard InChI is InChI=1S/C23H18N4O3S/c1-16-4-2-6-20-22(16)25-23(31-20)26(15-18-5-3-13-24-14-18)21(28)12-9-17-7-10-19(11-8-17)27(29)30/h2-14H,15H2,1H3/b12-9+. The van der Waals surface area contributed by atoms with Gasteiger partial charge >= 0.3 is 0 Å². The minimum absolute atomic E-state index is 0.00604. The van der Waals surface area contributed by atoms with E-state index in [2.05, 4.69) is 4.98 Å². The van der Waals surface area contributed by atoms with Crippen LogP contribution in [0.5, 0.6) is 0 Å². The molecule has 0 radical (unpaired) electrons. The van der Waals surface area contributed by atoms with Gasteiger partial charge in [-0.05, 0) is 54.0 Å². The number of nitro benzene ring substituents is 1. The molecular weight excluding hydrogens is 412 g/mol. The van der Waals surface area contributed by atoms with Crippen LogP contribution in [0.1, 0.15) is 16.7 Å². The maximum absolute atomic E-state index is 13.1. The van der Waals surface area contributed by atoms with Gasteiger partial charge in [0.1, 0.15) is 0 Å². The van der Waals surface area contributed by atoms with Crippen LogP contribution in [0.15, 0.2) is 73.1 Å². The van der Waals surface area contributed by atoms with Crippen LogP contribution in [-0.4, -0.2) is 20.8 Å². The summed E-state index contributed by atoms with van der Waals surface area (Å²) in [5, 5.41) is 11.4. The largest absolute Gasteiger partial charge is 0.280 e. The van der Waals surface area contributed by atoms with Crippen LogP contribution in [-0.2, 0) is 11.3 Å². The molecule has 8 heteroatoms. The highest BCUT2D eigenvalue weighted by atomic mass is 32.1. The third-order valence-electron chi connectivity index (χ3n) is 4.69. The van der Waals surface area contributed by atoms with E-state index in [-0.39, 0.29) is 11.6 Å². The summed E-state index contributed by atoms with van der Waals surface area (Å²) in [5.41, 5.74) is 3.52. The number of benzene rings is 2. The van der Waals surface area contributed by atoms with Gasteiger partial charge in [-0.3, -0.25) is 24.8 Å². The van der Waals surface area contributed by atoms with Crippen molar-refractivity contribution < 1.29 is 9.72 Å².